The van der Waals surface area contributed by atoms with E-state index in [2.05, 4.69) is 13.8 Å². The second-order valence-electron chi connectivity index (χ2n) is 3.85. The summed E-state index contributed by atoms with van der Waals surface area (Å²) in [6.45, 7) is 4.13. The van der Waals surface area contributed by atoms with Gasteiger partial charge in [0.15, 0.2) is 0 Å². The van der Waals surface area contributed by atoms with E-state index in [9.17, 15) is 4.21 Å². The zero-order valence-corrected chi connectivity index (χ0v) is 9.08. The quantitative estimate of drug-likeness (QED) is 0.654. The third-order valence-electron chi connectivity index (χ3n) is 2.11. The van der Waals surface area contributed by atoms with Crippen LogP contribution >= 0.6 is 10.7 Å². The minimum absolute atomic E-state index is 0.0564. The fourth-order valence-electron chi connectivity index (χ4n) is 1.59. The van der Waals surface area contributed by atoms with Crippen LogP contribution in [0.2, 0.25) is 0 Å². The second-order valence-corrected chi connectivity index (χ2v) is 5.79. The van der Waals surface area contributed by atoms with E-state index in [1.807, 2.05) is 0 Å². The maximum absolute atomic E-state index is 10.7. The van der Waals surface area contributed by atoms with Crippen molar-refractivity contribution in [1.29, 1.82) is 0 Å². The zero-order valence-electron chi connectivity index (χ0n) is 7.51. The number of rotatable bonds is 2. The van der Waals surface area contributed by atoms with Crippen molar-refractivity contribution in [2.75, 3.05) is 5.75 Å². The van der Waals surface area contributed by atoms with Gasteiger partial charge in [-0.05, 0) is 43.8 Å². The molecule has 2 atom stereocenters. The molecule has 0 spiro atoms. The van der Waals surface area contributed by atoms with Gasteiger partial charge in [-0.15, -0.1) is 0 Å². The average molecular weight is 211 g/mol. The van der Waals surface area contributed by atoms with E-state index in [1.165, 1.54) is 0 Å². The smallest absolute Gasteiger partial charge is 0.117 e. The Kier molecular flexibility index (Phi) is 3.56. The van der Waals surface area contributed by atoms with E-state index in [4.69, 9.17) is 15.4 Å². The molecule has 2 nitrogen and oxygen atoms in total. The van der Waals surface area contributed by atoms with E-state index >= 15 is 0 Å². The molecule has 0 bridgehead atoms. The first-order chi connectivity index (χ1) is 5.49. The van der Waals surface area contributed by atoms with Crippen molar-refractivity contribution in [1.82, 2.24) is 0 Å². The molecule has 0 aromatic rings. The number of ether oxygens (including phenoxy) is 1. The first-order valence-electron chi connectivity index (χ1n) is 4.22. The van der Waals surface area contributed by atoms with Crippen molar-refractivity contribution in [3.8, 4) is 0 Å². The van der Waals surface area contributed by atoms with Crippen LogP contribution in [0.4, 0.5) is 0 Å². The molecular weight excluding hydrogens is 196 g/mol. The maximum atomic E-state index is 10.7. The highest BCUT2D eigenvalue weighted by Crippen LogP contribution is 2.28. The molecule has 1 heterocycles. The normalized spacial score (nSPS) is 31.4. The highest BCUT2D eigenvalue weighted by Gasteiger charge is 2.29. The first-order valence-corrected chi connectivity index (χ1v) is 6.36. The third-order valence-corrected chi connectivity index (χ3v) is 3.12. The van der Waals surface area contributed by atoms with Crippen LogP contribution in [0.5, 0.6) is 0 Å². The summed E-state index contributed by atoms with van der Waals surface area (Å²) in [6, 6.07) is 0. The Hall–Kier alpha value is 0.400. The first kappa shape index (κ1) is 10.5. The van der Waals surface area contributed by atoms with Crippen molar-refractivity contribution in [3.05, 3.63) is 0 Å². The Balaban J connectivity index is 2.41. The molecule has 1 aliphatic heterocycles. The molecule has 0 aromatic carbocycles. The molecule has 0 amide bonds. The van der Waals surface area contributed by atoms with E-state index in [-0.39, 0.29) is 11.7 Å². The topological polar surface area (TPSA) is 26.3 Å². The Labute approximate surface area is 80.6 Å². The summed E-state index contributed by atoms with van der Waals surface area (Å²) >= 11 is 0. The van der Waals surface area contributed by atoms with Gasteiger partial charge in [0, 0.05) is 0 Å². The minimum atomic E-state index is -1.25. The van der Waals surface area contributed by atoms with Gasteiger partial charge in [-0.1, -0.05) is 0 Å². The molecule has 0 radical (unpaired) electrons. The Bertz CT molecular complexity index is 182. The Morgan fingerprint density at radius 1 is 1.67 bits per heavy atom. The zero-order chi connectivity index (χ0) is 9.19. The molecule has 72 valence electrons. The van der Waals surface area contributed by atoms with Crippen molar-refractivity contribution >= 4 is 20.7 Å². The van der Waals surface area contributed by atoms with Crippen LogP contribution in [-0.2, 0) is 14.7 Å². The summed E-state index contributed by atoms with van der Waals surface area (Å²) < 4.78 is 16.4. The fourth-order valence-corrected chi connectivity index (χ4v) is 2.54. The molecular formula is C8H15ClO2S. The Morgan fingerprint density at radius 2 is 2.33 bits per heavy atom. The van der Waals surface area contributed by atoms with E-state index in [1.54, 1.807) is 0 Å². The summed E-state index contributed by atoms with van der Waals surface area (Å²) in [6.07, 6.45) is 3.30. The molecule has 1 fully saturated rings. The van der Waals surface area contributed by atoms with Gasteiger partial charge >= 0.3 is 0 Å². The third kappa shape index (κ3) is 3.42. The standard InChI is InChI=1S/C8H15ClO2S/c1-8(2)5-3-4-7(11-8)6-12(9)10/h7H,3-6H2,1-2H3. The van der Waals surface area contributed by atoms with Gasteiger partial charge in [-0.2, -0.15) is 0 Å². The lowest BCUT2D eigenvalue weighted by Gasteiger charge is -2.35. The lowest BCUT2D eigenvalue weighted by Crippen LogP contribution is -2.37. The lowest BCUT2D eigenvalue weighted by molar-refractivity contribution is -0.0960. The largest absolute Gasteiger partial charge is 0.371 e. The van der Waals surface area contributed by atoms with Crippen molar-refractivity contribution in [3.63, 3.8) is 0 Å². The summed E-state index contributed by atoms with van der Waals surface area (Å²) in [5, 5.41) is 0. The average Bonchev–Trinajstić information content (AvgIpc) is 1.82. The van der Waals surface area contributed by atoms with Gasteiger partial charge in [0.1, 0.15) is 10.0 Å². The van der Waals surface area contributed by atoms with Crippen molar-refractivity contribution in [2.45, 2.75) is 44.8 Å². The summed E-state index contributed by atoms with van der Waals surface area (Å²) in [7, 11) is 4.15. The number of hydrogen-bond acceptors (Lipinski definition) is 2. The van der Waals surface area contributed by atoms with Crippen molar-refractivity contribution < 1.29 is 8.95 Å². The molecule has 0 aromatic heterocycles. The van der Waals surface area contributed by atoms with E-state index in [0.717, 1.165) is 19.3 Å². The molecule has 2 unspecified atom stereocenters. The summed E-state index contributed by atoms with van der Waals surface area (Å²) in [4.78, 5) is 0. The molecule has 12 heavy (non-hydrogen) atoms. The van der Waals surface area contributed by atoms with E-state index in [0.29, 0.717) is 5.75 Å². The van der Waals surface area contributed by atoms with Gasteiger partial charge < -0.3 is 4.74 Å². The van der Waals surface area contributed by atoms with Gasteiger partial charge in [0.25, 0.3) is 0 Å². The van der Waals surface area contributed by atoms with Crippen LogP contribution in [0.1, 0.15) is 33.1 Å². The molecule has 0 N–H and O–H groups in total. The predicted octanol–water partition coefficient (Wildman–Crippen LogP) is 2.24. The molecule has 1 rings (SSSR count). The van der Waals surface area contributed by atoms with Gasteiger partial charge in [-0.3, -0.25) is 0 Å². The fraction of sp³-hybridized carbons (Fsp3) is 1.00. The van der Waals surface area contributed by atoms with Crippen LogP contribution < -0.4 is 0 Å². The molecule has 0 aliphatic carbocycles. The maximum Gasteiger partial charge on any atom is 0.117 e. The number of hydrogen-bond donors (Lipinski definition) is 0. The molecule has 0 saturated carbocycles. The second kappa shape index (κ2) is 4.07. The van der Waals surface area contributed by atoms with E-state index < -0.39 is 10.0 Å². The predicted molar refractivity (Wildman–Crippen MR) is 51.7 cm³/mol. The van der Waals surface area contributed by atoms with Crippen LogP contribution in [-0.4, -0.2) is 21.7 Å². The SMILES string of the molecule is CC1(C)CCCC(CS(=O)Cl)O1. The molecule has 1 saturated heterocycles. The summed E-state index contributed by atoms with van der Waals surface area (Å²) in [5.41, 5.74) is -0.0564. The van der Waals surface area contributed by atoms with Crippen LogP contribution in [0, 0.1) is 0 Å². The highest BCUT2D eigenvalue weighted by atomic mass is 35.7. The Morgan fingerprint density at radius 3 is 2.83 bits per heavy atom. The van der Waals surface area contributed by atoms with Crippen LogP contribution in [0.3, 0.4) is 0 Å². The monoisotopic (exact) mass is 210 g/mol. The van der Waals surface area contributed by atoms with Gasteiger partial charge in [-0.25, -0.2) is 4.21 Å². The van der Waals surface area contributed by atoms with Crippen molar-refractivity contribution in [2.24, 2.45) is 0 Å². The number of halogens is 1. The molecule has 1 aliphatic rings. The highest BCUT2D eigenvalue weighted by molar-refractivity contribution is 8.08. The van der Waals surface area contributed by atoms with Gasteiger partial charge in [0.2, 0.25) is 0 Å². The van der Waals surface area contributed by atoms with Crippen LogP contribution in [0.25, 0.3) is 0 Å². The lowest BCUT2D eigenvalue weighted by atomic mass is 9.96. The van der Waals surface area contributed by atoms with Gasteiger partial charge in [0.05, 0.1) is 17.5 Å². The summed E-state index contributed by atoms with van der Waals surface area (Å²) in [5.74, 6) is 0.463. The van der Waals surface area contributed by atoms with Crippen LogP contribution in [0.15, 0.2) is 0 Å². The molecule has 4 heteroatoms. The minimum Gasteiger partial charge on any atom is -0.371 e.